The van der Waals surface area contributed by atoms with Gasteiger partial charge in [0.25, 0.3) is 0 Å². The van der Waals surface area contributed by atoms with Crippen molar-refractivity contribution in [3.63, 3.8) is 0 Å². The molecule has 18 heavy (non-hydrogen) atoms. The smallest absolute Gasteiger partial charge is 0.339 e. The summed E-state index contributed by atoms with van der Waals surface area (Å²) in [4.78, 5) is 17.8. The predicted octanol–water partition coefficient (Wildman–Crippen LogP) is 2.49. The van der Waals surface area contributed by atoms with E-state index < -0.39 is 5.97 Å². The van der Waals surface area contributed by atoms with Crippen LogP contribution in [0.2, 0.25) is 0 Å². The summed E-state index contributed by atoms with van der Waals surface area (Å²) in [6.07, 6.45) is 0. The minimum absolute atomic E-state index is 0.349. The molecule has 98 valence electrons. The van der Waals surface area contributed by atoms with Crippen LogP contribution in [0.15, 0.2) is 6.07 Å². The molecule has 2 rings (SSSR count). The van der Waals surface area contributed by atoms with Crippen molar-refractivity contribution in [1.82, 2.24) is 4.98 Å². The van der Waals surface area contributed by atoms with Gasteiger partial charge in [-0.25, -0.2) is 4.79 Å². The molecule has 2 heterocycles. The third-order valence-electron chi connectivity index (χ3n) is 3.85. The highest BCUT2D eigenvalue weighted by Crippen LogP contribution is 2.31. The van der Waals surface area contributed by atoms with Crippen molar-refractivity contribution in [3.8, 4) is 0 Å². The highest BCUT2D eigenvalue weighted by Gasteiger charge is 2.29. The summed E-state index contributed by atoms with van der Waals surface area (Å²) in [6.45, 7) is 9.95. The summed E-state index contributed by atoms with van der Waals surface area (Å²) in [6, 6.07) is 1.89. The first-order chi connectivity index (χ1) is 8.40. The average Bonchev–Trinajstić information content (AvgIpc) is 2.57. The largest absolute Gasteiger partial charge is 0.478 e. The molecule has 1 fully saturated rings. The van der Waals surface area contributed by atoms with Gasteiger partial charge < -0.3 is 10.0 Å². The van der Waals surface area contributed by atoms with E-state index in [1.165, 1.54) is 0 Å². The quantitative estimate of drug-likeness (QED) is 0.873. The number of nitrogens with zero attached hydrogens (tertiary/aromatic N) is 2. The van der Waals surface area contributed by atoms with Crippen molar-refractivity contribution in [3.05, 3.63) is 23.0 Å². The van der Waals surface area contributed by atoms with Gasteiger partial charge in [-0.05, 0) is 31.7 Å². The van der Waals surface area contributed by atoms with Crippen LogP contribution < -0.4 is 4.90 Å². The Labute approximate surface area is 108 Å². The molecule has 1 saturated heterocycles. The maximum Gasteiger partial charge on any atom is 0.339 e. The van der Waals surface area contributed by atoms with E-state index in [0.717, 1.165) is 24.5 Å². The van der Waals surface area contributed by atoms with Gasteiger partial charge in [-0.15, -0.1) is 0 Å². The summed E-state index contributed by atoms with van der Waals surface area (Å²) in [5.41, 5.74) is 2.65. The molecule has 0 spiro atoms. The van der Waals surface area contributed by atoms with Crippen LogP contribution in [0, 0.1) is 25.7 Å². The zero-order valence-electron chi connectivity index (χ0n) is 11.4. The molecule has 1 aliphatic heterocycles. The topological polar surface area (TPSA) is 53.4 Å². The van der Waals surface area contributed by atoms with Crippen LogP contribution in [0.1, 0.15) is 35.6 Å². The third kappa shape index (κ3) is 2.19. The summed E-state index contributed by atoms with van der Waals surface area (Å²) in [5.74, 6) is 0.308. The molecule has 4 heteroatoms. The third-order valence-corrected chi connectivity index (χ3v) is 3.85. The summed E-state index contributed by atoms with van der Waals surface area (Å²) in [7, 11) is 0. The fourth-order valence-corrected chi connectivity index (χ4v) is 2.65. The lowest BCUT2D eigenvalue weighted by Gasteiger charge is -2.22. The highest BCUT2D eigenvalue weighted by atomic mass is 16.4. The Morgan fingerprint density at radius 2 is 1.89 bits per heavy atom. The van der Waals surface area contributed by atoms with Gasteiger partial charge in [-0.1, -0.05) is 13.8 Å². The van der Waals surface area contributed by atoms with Gasteiger partial charge in [0.15, 0.2) is 0 Å². The first kappa shape index (κ1) is 12.9. The van der Waals surface area contributed by atoms with E-state index >= 15 is 0 Å². The Bertz CT molecular complexity index is 475. The molecule has 2 atom stereocenters. The van der Waals surface area contributed by atoms with E-state index in [2.05, 4.69) is 23.7 Å². The Kier molecular flexibility index (Phi) is 3.28. The molecule has 0 aliphatic carbocycles. The Hall–Kier alpha value is -1.58. The van der Waals surface area contributed by atoms with Crippen molar-refractivity contribution in [1.29, 1.82) is 0 Å². The molecule has 0 saturated carbocycles. The van der Waals surface area contributed by atoms with Gasteiger partial charge in [0.2, 0.25) is 0 Å². The molecule has 4 nitrogen and oxygen atoms in total. The maximum atomic E-state index is 11.4. The van der Waals surface area contributed by atoms with Crippen molar-refractivity contribution < 1.29 is 9.90 Å². The fraction of sp³-hybridized carbons (Fsp3) is 0.571. The SMILES string of the molecule is Cc1cc(N2CC(C)C(C)C2)c(C(=O)O)c(C)n1. The number of hydrogen-bond donors (Lipinski definition) is 1. The van der Waals surface area contributed by atoms with Gasteiger partial charge in [-0.3, -0.25) is 4.98 Å². The lowest BCUT2D eigenvalue weighted by Crippen LogP contribution is -2.23. The normalized spacial score (nSPS) is 23.4. The zero-order chi connectivity index (χ0) is 13.4. The molecule has 1 aromatic heterocycles. The minimum Gasteiger partial charge on any atom is -0.478 e. The van der Waals surface area contributed by atoms with Crippen LogP contribution >= 0.6 is 0 Å². The Morgan fingerprint density at radius 3 is 2.39 bits per heavy atom. The van der Waals surface area contributed by atoms with Crippen LogP contribution in [-0.2, 0) is 0 Å². The Balaban J connectivity index is 2.47. The first-order valence-corrected chi connectivity index (χ1v) is 6.36. The van der Waals surface area contributed by atoms with E-state index in [9.17, 15) is 9.90 Å². The second-order valence-corrected chi connectivity index (χ2v) is 5.41. The predicted molar refractivity (Wildman–Crippen MR) is 71.2 cm³/mol. The van der Waals surface area contributed by atoms with Crippen LogP contribution in [0.4, 0.5) is 5.69 Å². The monoisotopic (exact) mass is 248 g/mol. The molecular weight excluding hydrogens is 228 g/mol. The number of aryl methyl sites for hydroxylation is 2. The summed E-state index contributed by atoms with van der Waals surface area (Å²) < 4.78 is 0. The maximum absolute atomic E-state index is 11.4. The lowest BCUT2D eigenvalue weighted by molar-refractivity contribution is 0.0696. The fourth-order valence-electron chi connectivity index (χ4n) is 2.65. The van der Waals surface area contributed by atoms with E-state index in [0.29, 0.717) is 23.1 Å². The van der Waals surface area contributed by atoms with E-state index in [1.807, 2.05) is 13.0 Å². The number of anilines is 1. The van der Waals surface area contributed by atoms with Gasteiger partial charge in [-0.2, -0.15) is 0 Å². The number of aromatic carboxylic acids is 1. The van der Waals surface area contributed by atoms with Gasteiger partial charge in [0.1, 0.15) is 5.56 Å². The molecule has 0 amide bonds. The van der Waals surface area contributed by atoms with Crippen LogP contribution in [-0.4, -0.2) is 29.1 Å². The first-order valence-electron chi connectivity index (χ1n) is 6.36. The number of hydrogen-bond acceptors (Lipinski definition) is 3. The lowest BCUT2D eigenvalue weighted by atomic mass is 10.0. The number of carboxylic acids is 1. The van der Waals surface area contributed by atoms with Crippen LogP contribution in [0.25, 0.3) is 0 Å². The summed E-state index contributed by atoms with van der Waals surface area (Å²) in [5, 5.41) is 9.36. The Morgan fingerprint density at radius 1 is 1.33 bits per heavy atom. The number of carbonyl (C=O) groups is 1. The van der Waals surface area contributed by atoms with Crippen molar-refractivity contribution in [2.24, 2.45) is 11.8 Å². The molecule has 0 bridgehead atoms. The number of pyridine rings is 1. The molecular formula is C14H20N2O2. The van der Waals surface area contributed by atoms with E-state index in [1.54, 1.807) is 6.92 Å². The van der Waals surface area contributed by atoms with Crippen LogP contribution in [0.5, 0.6) is 0 Å². The molecule has 0 aromatic carbocycles. The van der Waals surface area contributed by atoms with Crippen molar-refractivity contribution in [2.75, 3.05) is 18.0 Å². The van der Waals surface area contributed by atoms with Gasteiger partial charge in [0, 0.05) is 18.8 Å². The zero-order valence-corrected chi connectivity index (χ0v) is 11.4. The number of aromatic nitrogens is 1. The molecule has 1 aromatic rings. The molecule has 1 N–H and O–H groups in total. The standard InChI is InChI=1S/C14H20N2O2/c1-8-6-16(7-9(8)2)12-5-10(3)15-11(4)13(12)14(17)18/h5,8-9H,6-7H2,1-4H3,(H,17,18). The average molecular weight is 248 g/mol. The second kappa shape index (κ2) is 4.59. The van der Waals surface area contributed by atoms with Crippen LogP contribution in [0.3, 0.4) is 0 Å². The van der Waals surface area contributed by atoms with E-state index in [4.69, 9.17) is 0 Å². The number of carboxylic acid groups (broad SMARTS) is 1. The van der Waals surface area contributed by atoms with Crippen molar-refractivity contribution in [2.45, 2.75) is 27.7 Å². The number of rotatable bonds is 2. The van der Waals surface area contributed by atoms with Crippen molar-refractivity contribution >= 4 is 11.7 Å². The molecule has 0 radical (unpaired) electrons. The second-order valence-electron chi connectivity index (χ2n) is 5.41. The van der Waals surface area contributed by atoms with E-state index in [-0.39, 0.29) is 0 Å². The minimum atomic E-state index is -0.887. The van der Waals surface area contributed by atoms with Gasteiger partial charge >= 0.3 is 5.97 Å². The summed E-state index contributed by atoms with van der Waals surface area (Å²) >= 11 is 0. The van der Waals surface area contributed by atoms with Gasteiger partial charge in [0.05, 0.1) is 11.4 Å². The molecule has 2 unspecified atom stereocenters. The molecule has 1 aliphatic rings. The highest BCUT2D eigenvalue weighted by molar-refractivity contribution is 5.95.